The fourth-order valence-electron chi connectivity index (χ4n) is 4.47. The summed E-state index contributed by atoms with van der Waals surface area (Å²) in [5.74, 6) is -1.30. The first kappa shape index (κ1) is 21.8. The van der Waals surface area contributed by atoms with Crippen molar-refractivity contribution in [1.82, 2.24) is 19.4 Å². The van der Waals surface area contributed by atoms with Gasteiger partial charge in [0.1, 0.15) is 11.5 Å². The molecule has 31 heavy (non-hydrogen) atoms. The molecular weight excluding hydrogens is 409 g/mol. The lowest BCUT2D eigenvalue weighted by Gasteiger charge is -2.31. The van der Waals surface area contributed by atoms with E-state index in [2.05, 4.69) is 22.0 Å². The highest BCUT2D eigenvalue weighted by atomic mass is 19.4. The lowest BCUT2D eigenvalue weighted by atomic mass is 9.99. The minimum Gasteiger partial charge on any atom is -0.390 e. The van der Waals surface area contributed by atoms with Gasteiger partial charge in [0, 0.05) is 52.4 Å². The molecule has 4 rings (SSSR count). The van der Waals surface area contributed by atoms with E-state index < -0.39 is 24.1 Å². The number of aliphatic hydroxyl groups excluding tert-OH is 1. The van der Waals surface area contributed by atoms with Crippen molar-refractivity contribution in [2.75, 3.05) is 26.7 Å². The van der Waals surface area contributed by atoms with E-state index in [4.69, 9.17) is 0 Å². The summed E-state index contributed by atoms with van der Waals surface area (Å²) in [6, 6.07) is 8.25. The van der Waals surface area contributed by atoms with Crippen LogP contribution in [0, 0.1) is 5.92 Å². The molecule has 1 aromatic carbocycles. The summed E-state index contributed by atoms with van der Waals surface area (Å²) >= 11 is 0. The molecule has 3 heterocycles. The number of carbonyl (C=O) groups is 1. The molecule has 9 heteroatoms. The maximum Gasteiger partial charge on any atom is 0.393 e. The third-order valence-corrected chi connectivity index (χ3v) is 6.18. The fourth-order valence-corrected chi connectivity index (χ4v) is 4.47. The van der Waals surface area contributed by atoms with E-state index in [1.54, 1.807) is 7.05 Å². The predicted octanol–water partition coefficient (Wildman–Crippen LogP) is 2.50. The van der Waals surface area contributed by atoms with E-state index in [0.717, 1.165) is 19.5 Å². The number of aliphatic hydroxyl groups is 1. The highest BCUT2D eigenvalue weighted by Crippen LogP contribution is 2.34. The summed E-state index contributed by atoms with van der Waals surface area (Å²) in [4.78, 5) is 20.5. The predicted molar refractivity (Wildman–Crippen MR) is 108 cm³/mol. The molecule has 0 fully saturated rings. The van der Waals surface area contributed by atoms with Gasteiger partial charge in [0.25, 0.3) is 5.91 Å². The molecule has 1 aromatic heterocycles. The Hall–Kier alpha value is -2.39. The number of hydrogen-bond acceptors (Lipinski definition) is 4. The zero-order valence-electron chi connectivity index (χ0n) is 17.5. The topological polar surface area (TPSA) is 61.6 Å². The van der Waals surface area contributed by atoms with Crippen LogP contribution in [0.4, 0.5) is 13.2 Å². The maximum absolute atomic E-state index is 13.0. The molecule has 0 bridgehead atoms. The van der Waals surface area contributed by atoms with Crippen LogP contribution in [-0.2, 0) is 25.9 Å². The average Bonchev–Trinajstić information content (AvgIpc) is 3.15. The number of fused-ring (bicyclic) bond motifs is 2. The van der Waals surface area contributed by atoms with Gasteiger partial charge in [-0.15, -0.1) is 0 Å². The zero-order valence-corrected chi connectivity index (χ0v) is 17.5. The Bertz CT molecular complexity index is 943. The van der Waals surface area contributed by atoms with Crippen molar-refractivity contribution in [2.45, 2.75) is 44.6 Å². The van der Waals surface area contributed by atoms with Gasteiger partial charge in [-0.1, -0.05) is 24.3 Å². The van der Waals surface area contributed by atoms with Crippen molar-refractivity contribution in [3.05, 3.63) is 53.1 Å². The summed E-state index contributed by atoms with van der Waals surface area (Å²) in [7, 11) is 1.58. The number of hydrogen-bond donors (Lipinski definition) is 1. The number of nitrogens with zero attached hydrogens (tertiary/aromatic N) is 4. The number of carbonyl (C=O) groups excluding carboxylic acids is 1. The number of halogens is 3. The first-order chi connectivity index (χ1) is 14.7. The van der Waals surface area contributed by atoms with Gasteiger partial charge in [0.2, 0.25) is 0 Å². The molecule has 1 amide bonds. The van der Waals surface area contributed by atoms with Crippen LogP contribution in [0.3, 0.4) is 0 Å². The van der Waals surface area contributed by atoms with E-state index in [9.17, 15) is 23.1 Å². The number of β-amino-alcohol motifs (C(OH)–C–C–N with tert-alkyl or cyclic N) is 1. The molecule has 168 valence electrons. The van der Waals surface area contributed by atoms with Crippen LogP contribution in [0.5, 0.6) is 0 Å². The van der Waals surface area contributed by atoms with E-state index in [1.165, 1.54) is 26.8 Å². The van der Waals surface area contributed by atoms with Crippen LogP contribution >= 0.6 is 0 Å². The van der Waals surface area contributed by atoms with Crippen molar-refractivity contribution < 1.29 is 23.1 Å². The second-order valence-corrected chi connectivity index (χ2v) is 8.57. The lowest BCUT2D eigenvalue weighted by molar-refractivity contribution is -0.182. The van der Waals surface area contributed by atoms with Gasteiger partial charge >= 0.3 is 6.18 Å². The third-order valence-electron chi connectivity index (χ3n) is 6.18. The molecule has 0 aliphatic carbocycles. The van der Waals surface area contributed by atoms with Crippen LogP contribution in [0.15, 0.2) is 30.5 Å². The Balaban J connectivity index is 1.32. The number of imidazole rings is 1. The second-order valence-electron chi connectivity index (χ2n) is 8.57. The highest BCUT2D eigenvalue weighted by Gasteiger charge is 2.41. The third kappa shape index (κ3) is 4.93. The Morgan fingerprint density at radius 1 is 1.29 bits per heavy atom. The Labute approximate surface area is 179 Å². The van der Waals surface area contributed by atoms with Crippen LogP contribution in [0.1, 0.15) is 33.9 Å². The number of alkyl halides is 3. The molecule has 2 aliphatic rings. The zero-order chi connectivity index (χ0) is 22.2. The molecule has 0 spiro atoms. The van der Waals surface area contributed by atoms with Crippen LogP contribution in [0.25, 0.3) is 0 Å². The Kier molecular flexibility index (Phi) is 6.07. The summed E-state index contributed by atoms with van der Waals surface area (Å²) < 4.78 is 40.5. The summed E-state index contributed by atoms with van der Waals surface area (Å²) in [6.45, 7) is 1.98. The molecular formula is C22H27F3N4O2. The number of aromatic nitrogens is 2. The van der Waals surface area contributed by atoms with E-state index in [-0.39, 0.29) is 31.6 Å². The molecule has 2 atom stereocenters. The minimum atomic E-state index is -4.25. The standard InChI is InChI=1S/C22H27F3N4O2/c1-27(12-18(30)13-28-9-8-15-4-2-3-5-16(15)10-28)21(31)19-14-29-11-17(22(23,24)25)6-7-20(29)26-19/h2-5,14,17-18,30H,6-13H2,1H3/t17?,18-/m0/s1. The van der Waals surface area contributed by atoms with E-state index >= 15 is 0 Å². The number of likely N-dealkylation sites (N-methyl/N-ethyl adjacent to an activating group) is 1. The highest BCUT2D eigenvalue weighted by molar-refractivity contribution is 5.92. The van der Waals surface area contributed by atoms with Gasteiger partial charge in [0.05, 0.1) is 12.0 Å². The minimum absolute atomic E-state index is 0.0122. The van der Waals surface area contributed by atoms with Gasteiger partial charge in [-0.2, -0.15) is 13.2 Å². The summed E-state index contributed by atoms with van der Waals surface area (Å²) in [5.41, 5.74) is 2.71. The molecule has 1 unspecified atom stereocenters. The number of rotatable bonds is 5. The van der Waals surface area contributed by atoms with Gasteiger partial charge in [-0.25, -0.2) is 4.98 Å². The van der Waals surface area contributed by atoms with Crippen molar-refractivity contribution >= 4 is 5.91 Å². The molecule has 2 aliphatic heterocycles. The monoisotopic (exact) mass is 436 g/mol. The number of aryl methyl sites for hydroxylation is 1. The smallest absolute Gasteiger partial charge is 0.390 e. The van der Waals surface area contributed by atoms with Gasteiger partial charge in [-0.3, -0.25) is 9.69 Å². The van der Waals surface area contributed by atoms with Crippen molar-refractivity contribution in [1.29, 1.82) is 0 Å². The quantitative estimate of drug-likeness (QED) is 0.783. The van der Waals surface area contributed by atoms with Crippen molar-refractivity contribution in [3.8, 4) is 0 Å². The number of amides is 1. The van der Waals surface area contributed by atoms with Crippen molar-refractivity contribution in [3.63, 3.8) is 0 Å². The molecule has 1 N–H and O–H groups in total. The van der Waals surface area contributed by atoms with Crippen LogP contribution in [-0.4, -0.2) is 69.3 Å². The van der Waals surface area contributed by atoms with Crippen LogP contribution < -0.4 is 0 Å². The lowest BCUT2D eigenvalue weighted by Crippen LogP contribution is -2.42. The van der Waals surface area contributed by atoms with Gasteiger partial charge < -0.3 is 14.6 Å². The number of benzene rings is 1. The van der Waals surface area contributed by atoms with Gasteiger partial charge in [-0.05, 0) is 24.0 Å². The fraction of sp³-hybridized carbons (Fsp3) is 0.545. The molecule has 6 nitrogen and oxygen atoms in total. The summed E-state index contributed by atoms with van der Waals surface area (Å²) in [5, 5.41) is 10.5. The van der Waals surface area contributed by atoms with Crippen LogP contribution in [0.2, 0.25) is 0 Å². The average molecular weight is 436 g/mol. The van der Waals surface area contributed by atoms with Crippen molar-refractivity contribution in [2.24, 2.45) is 5.92 Å². The summed E-state index contributed by atoms with van der Waals surface area (Å²) in [6.07, 6.45) is -2.47. The Morgan fingerprint density at radius 2 is 2.03 bits per heavy atom. The normalized spacial score (nSPS) is 20.1. The largest absolute Gasteiger partial charge is 0.393 e. The van der Waals surface area contributed by atoms with Gasteiger partial charge in [0.15, 0.2) is 0 Å². The molecule has 0 radical (unpaired) electrons. The molecule has 0 saturated heterocycles. The Morgan fingerprint density at radius 3 is 2.77 bits per heavy atom. The second kappa shape index (κ2) is 8.63. The maximum atomic E-state index is 13.0. The van der Waals surface area contributed by atoms with E-state index in [0.29, 0.717) is 12.4 Å². The molecule has 2 aromatic rings. The molecule has 0 saturated carbocycles. The van der Waals surface area contributed by atoms with E-state index in [1.807, 2.05) is 12.1 Å². The first-order valence-electron chi connectivity index (χ1n) is 10.6. The SMILES string of the molecule is CN(C[C@H](O)CN1CCc2ccccc2C1)C(=O)c1cn2c(n1)CCC(C(F)(F)F)C2. The first-order valence-corrected chi connectivity index (χ1v) is 10.6.